The first-order chi connectivity index (χ1) is 8.25. The van der Waals surface area contributed by atoms with Gasteiger partial charge in [0.2, 0.25) is 5.91 Å². The highest BCUT2D eigenvalue weighted by molar-refractivity contribution is 5.79. The smallest absolute Gasteiger partial charge is 0.224 e. The van der Waals surface area contributed by atoms with E-state index in [-0.39, 0.29) is 17.9 Å². The van der Waals surface area contributed by atoms with Gasteiger partial charge in [0.05, 0.1) is 12.5 Å². The van der Waals surface area contributed by atoms with Crippen LogP contribution in [0.1, 0.15) is 19.8 Å². The molecule has 17 heavy (non-hydrogen) atoms. The van der Waals surface area contributed by atoms with E-state index in [0.29, 0.717) is 0 Å². The zero-order valence-electron chi connectivity index (χ0n) is 10.2. The van der Waals surface area contributed by atoms with E-state index in [2.05, 4.69) is 15.7 Å². The largest absolute Gasteiger partial charge is 0.352 e. The Morgan fingerprint density at radius 1 is 1.71 bits per heavy atom. The van der Waals surface area contributed by atoms with E-state index in [0.717, 1.165) is 32.5 Å². The molecule has 0 aromatic carbocycles. The average molecular weight is 236 g/mol. The molecule has 94 valence electrons. The van der Waals surface area contributed by atoms with Crippen LogP contribution in [0.5, 0.6) is 0 Å². The molecule has 1 amide bonds. The molecule has 2 rings (SSSR count). The van der Waals surface area contributed by atoms with Gasteiger partial charge in [0.15, 0.2) is 0 Å². The number of aromatic nitrogens is 2. The highest BCUT2D eigenvalue weighted by atomic mass is 16.2. The summed E-state index contributed by atoms with van der Waals surface area (Å²) in [7, 11) is 0. The second-order valence-corrected chi connectivity index (χ2v) is 4.68. The number of hydrogen-bond donors (Lipinski definition) is 2. The minimum atomic E-state index is 0.115. The maximum atomic E-state index is 12.0. The summed E-state index contributed by atoms with van der Waals surface area (Å²) < 4.78 is 1.84. The maximum Gasteiger partial charge on any atom is 0.224 e. The van der Waals surface area contributed by atoms with Crippen LogP contribution in [0.15, 0.2) is 18.5 Å². The second kappa shape index (κ2) is 5.82. The fourth-order valence-electron chi connectivity index (χ4n) is 2.17. The Morgan fingerprint density at radius 3 is 3.24 bits per heavy atom. The molecule has 5 heteroatoms. The first-order valence-corrected chi connectivity index (χ1v) is 6.24. The van der Waals surface area contributed by atoms with Crippen LogP contribution in [0.3, 0.4) is 0 Å². The summed E-state index contributed by atoms with van der Waals surface area (Å²) in [5, 5.41) is 10.4. The molecule has 1 aromatic rings. The summed E-state index contributed by atoms with van der Waals surface area (Å²) in [5.74, 6) is 0.292. The van der Waals surface area contributed by atoms with Crippen LogP contribution in [0.25, 0.3) is 0 Å². The van der Waals surface area contributed by atoms with E-state index in [1.54, 1.807) is 6.20 Å². The van der Waals surface area contributed by atoms with Crippen LogP contribution in [-0.2, 0) is 11.3 Å². The van der Waals surface area contributed by atoms with Crippen LogP contribution in [0.4, 0.5) is 0 Å². The topological polar surface area (TPSA) is 59.0 Å². The van der Waals surface area contributed by atoms with Crippen molar-refractivity contribution in [3.05, 3.63) is 18.5 Å². The molecular formula is C12H20N4O. The third kappa shape index (κ3) is 3.56. The van der Waals surface area contributed by atoms with Crippen molar-refractivity contribution >= 4 is 5.91 Å². The molecule has 0 saturated carbocycles. The number of carbonyl (C=O) groups excluding carboxylic acids is 1. The van der Waals surface area contributed by atoms with Gasteiger partial charge in [-0.2, -0.15) is 5.10 Å². The molecule has 1 unspecified atom stereocenters. The monoisotopic (exact) mass is 236 g/mol. The average Bonchev–Trinajstić information content (AvgIpc) is 2.82. The van der Waals surface area contributed by atoms with Gasteiger partial charge in [0, 0.05) is 25.0 Å². The Hall–Kier alpha value is -1.36. The Morgan fingerprint density at radius 2 is 2.59 bits per heavy atom. The zero-order chi connectivity index (χ0) is 12.1. The molecule has 0 radical (unpaired) electrons. The third-order valence-corrected chi connectivity index (χ3v) is 3.08. The molecular weight excluding hydrogens is 216 g/mol. The predicted molar refractivity (Wildman–Crippen MR) is 65.4 cm³/mol. The normalized spacial score (nSPS) is 22.1. The van der Waals surface area contributed by atoms with Crippen molar-refractivity contribution < 1.29 is 4.79 Å². The Labute approximate surface area is 102 Å². The van der Waals surface area contributed by atoms with Gasteiger partial charge < -0.3 is 10.6 Å². The van der Waals surface area contributed by atoms with Crippen molar-refractivity contribution in [1.82, 2.24) is 20.4 Å². The molecule has 2 heterocycles. The lowest BCUT2D eigenvalue weighted by Crippen LogP contribution is -2.44. The number of amides is 1. The minimum absolute atomic E-state index is 0.115. The highest BCUT2D eigenvalue weighted by Gasteiger charge is 2.21. The van der Waals surface area contributed by atoms with Gasteiger partial charge >= 0.3 is 0 Å². The second-order valence-electron chi connectivity index (χ2n) is 4.68. The number of piperidine rings is 1. The van der Waals surface area contributed by atoms with Crippen molar-refractivity contribution in [2.24, 2.45) is 5.92 Å². The van der Waals surface area contributed by atoms with Gasteiger partial charge in [0.25, 0.3) is 0 Å². The standard InChI is InChI=1S/C12H20N4O/c1-10(9-16-7-3-6-14-16)15-12(17)11-4-2-5-13-8-11/h3,6-7,10-11,13H,2,4-5,8-9H2,1H3,(H,15,17)/t10?,11-/m1/s1. The van der Waals surface area contributed by atoms with E-state index >= 15 is 0 Å². The van der Waals surface area contributed by atoms with E-state index < -0.39 is 0 Å². The number of rotatable bonds is 4. The Kier molecular flexibility index (Phi) is 4.14. The molecule has 1 aromatic heterocycles. The van der Waals surface area contributed by atoms with Crippen LogP contribution in [0.2, 0.25) is 0 Å². The van der Waals surface area contributed by atoms with Crippen LogP contribution in [0, 0.1) is 5.92 Å². The summed E-state index contributed by atoms with van der Waals surface area (Å²) in [6.07, 6.45) is 5.74. The molecule has 2 atom stereocenters. The number of nitrogens with one attached hydrogen (secondary N) is 2. The summed E-state index contributed by atoms with van der Waals surface area (Å²) >= 11 is 0. The Bertz CT molecular complexity index is 343. The van der Waals surface area contributed by atoms with Crippen LogP contribution < -0.4 is 10.6 Å². The van der Waals surface area contributed by atoms with Gasteiger partial charge in [-0.25, -0.2) is 0 Å². The molecule has 2 N–H and O–H groups in total. The van der Waals surface area contributed by atoms with Crippen molar-refractivity contribution in [3.8, 4) is 0 Å². The fourth-order valence-corrected chi connectivity index (χ4v) is 2.17. The molecule has 1 fully saturated rings. The Balaban J connectivity index is 1.77. The molecule has 1 aliphatic heterocycles. The summed E-state index contributed by atoms with van der Waals surface area (Å²) in [4.78, 5) is 12.0. The summed E-state index contributed by atoms with van der Waals surface area (Å²) in [6.45, 7) is 4.57. The lowest BCUT2D eigenvalue weighted by molar-refractivity contribution is -0.126. The number of hydrogen-bond acceptors (Lipinski definition) is 3. The van der Waals surface area contributed by atoms with E-state index in [1.165, 1.54) is 0 Å². The van der Waals surface area contributed by atoms with E-state index in [1.807, 2.05) is 23.9 Å². The quantitative estimate of drug-likeness (QED) is 0.795. The number of carbonyl (C=O) groups is 1. The van der Waals surface area contributed by atoms with E-state index in [9.17, 15) is 4.79 Å². The van der Waals surface area contributed by atoms with Gasteiger partial charge in [-0.05, 0) is 32.4 Å². The lowest BCUT2D eigenvalue weighted by atomic mass is 9.98. The van der Waals surface area contributed by atoms with Gasteiger partial charge in [0.1, 0.15) is 0 Å². The van der Waals surface area contributed by atoms with Crippen molar-refractivity contribution in [2.75, 3.05) is 13.1 Å². The van der Waals surface area contributed by atoms with Crippen LogP contribution in [-0.4, -0.2) is 34.8 Å². The van der Waals surface area contributed by atoms with Crippen LogP contribution >= 0.6 is 0 Å². The van der Waals surface area contributed by atoms with Crippen molar-refractivity contribution in [1.29, 1.82) is 0 Å². The molecule has 1 saturated heterocycles. The zero-order valence-corrected chi connectivity index (χ0v) is 10.2. The van der Waals surface area contributed by atoms with Gasteiger partial charge in [-0.3, -0.25) is 9.48 Å². The first kappa shape index (κ1) is 12.1. The van der Waals surface area contributed by atoms with Gasteiger partial charge in [-0.1, -0.05) is 0 Å². The maximum absolute atomic E-state index is 12.0. The lowest BCUT2D eigenvalue weighted by Gasteiger charge is -2.24. The first-order valence-electron chi connectivity index (χ1n) is 6.24. The molecule has 0 aliphatic carbocycles. The fraction of sp³-hybridized carbons (Fsp3) is 0.667. The van der Waals surface area contributed by atoms with Crippen molar-refractivity contribution in [3.63, 3.8) is 0 Å². The van der Waals surface area contributed by atoms with E-state index in [4.69, 9.17) is 0 Å². The minimum Gasteiger partial charge on any atom is -0.352 e. The number of nitrogens with zero attached hydrogens (tertiary/aromatic N) is 2. The predicted octanol–water partition coefficient (Wildman–Crippen LogP) is 0.387. The third-order valence-electron chi connectivity index (χ3n) is 3.08. The van der Waals surface area contributed by atoms with Gasteiger partial charge in [-0.15, -0.1) is 0 Å². The SMILES string of the molecule is CC(Cn1cccn1)NC(=O)[C@@H]1CCCNC1. The summed E-state index contributed by atoms with van der Waals surface area (Å²) in [6, 6.07) is 2.00. The molecule has 5 nitrogen and oxygen atoms in total. The molecule has 1 aliphatic rings. The summed E-state index contributed by atoms with van der Waals surface area (Å²) in [5.41, 5.74) is 0. The highest BCUT2D eigenvalue weighted by Crippen LogP contribution is 2.10. The molecule has 0 bridgehead atoms. The molecule has 0 spiro atoms. The van der Waals surface area contributed by atoms with Crippen molar-refractivity contribution in [2.45, 2.75) is 32.4 Å².